The average Bonchev–Trinajstić information content (AvgIpc) is 2.86. The number of methoxy groups -OCH3 is 2. The summed E-state index contributed by atoms with van der Waals surface area (Å²) in [5, 5.41) is 3.54. The first-order valence-electron chi connectivity index (χ1n) is 11.4. The van der Waals surface area contributed by atoms with E-state index in [1.165, 1.54) is 36.2 Å². The monoisotopic (exact) mass is 530 g/mol. The molecule has 9 heteroatoms. The van der Waals surface area contributed by atoms with Crippen molar-refractivity contribution in [1.29, 1.82) is 0 Å². The maximum Gasteiger partial charge on any atom is 0.253 e. The van der Waals surface area contributed by atoms with Gasteiger partial charge in [0.1, 0.15) is 0 Å². The summed E-state index contributed by atoms with van der Waals surface area (Å²) < 4.78 is 37.8. The zero-order valence-corrected chi connectivity index (χ0v) is 22.4. The molecule has 0 fully saturated rings. The van der Waals surface area contributed by atoms with Gasteiger partial charge in [-0.2, -0.15) is 0 Å². The van der Waals surface area contributed by atoms with Gasteiger partial charge in [0, 0.05) is 17.1 Å². The number of carbonyl (C=O) groups excluding carboxylic acids is 1. The number of nitrogens with one attached hydrogen (secondary N) is 1. The van der Waals surface area contributed by atoms with Crippen molar-refractivity contribution < 1.29 is 22.7 Å². The molecule has 0 aliphatic carbocycles. The van der Waals surface area contributed by atoms with Crippen LogP contribution in [0.15, 0.2) is 66.7 Å². The lowest BCUT2D eigenvalue weighted by atomic mass is 10.1. The van der Waals surface area contributed by atoms with Crippen molar-refractivity contribution in [3.05, 3.63) is 88.4 Å². The smallest absolute Gasteiger partial charge is 0.253 e. The van der Waals surface area contributed by atoms with E-state index in [4.69, 9.17) is 21.1 Å². The SMILES string of the molecule is COc1cc(C(=O)NC(C)CCc2ccccc2)c(N(Cc2ccc(Cl)cc2)S(C)(=O)=O)cc1OC. The summed E-state index contributed by atoms with van der Waals surface area (Å²) in [5.74, 6) is 0.227. The zero-order chi connectivity index (χ0) is 26.3. The molecule has 3 aromatic rings. The highest BCUT2D eigenvalue weighted by atomic mass is 35.5. The van der Waals surface area contributed by atoms with E-state index < -0.39 is 15.9 Å². The molecule has 0 aliphatic rings. The van der Waals surface area contributed by atoms with E-state index in [0.717, 1.165) is 19.1 Å². The Kier molecular flexibility index (Phi) is 9.23. The number of nitrogens with zero attached hydrogens (tertiary/aromatic N) is 1. The fraction of sp³-hybridized carbons (Fsp3) is 0.296. The van der Waals surface area contributed by atoms with Gasteiger partial charge >= 0.3 is 0 Å². The number of halogens is 1. The molecule has 0 heterocycles. The number of amides is 1. The highest BCUT2D eigenvalue weighted by Crippen LogP contribution is 2.37. The topological polar surface area (TPSA) is 84.9 Å². The Morgan fingerprint density at radius 1 is 0.972 bits per heavy atom. The molecule has 0 bridgehead atoms. The van der Waals surface area contributed by atoms with Gasteiger partial charge in [-0.1, -0.05) is 54.1 Å². The second-order valence-electron chi connectivity index (χ2n) is 8.52. The quantitative estimate of drug-likeness (QED) is 0.374. The van der Waals surface area contributed by atoms with E-state index in [9.17, 15) is 13.2 Å². The van der Waals surface area contributed by atoms with Gasteiger partial charge < -0.3 is 14.8 Å². The second kappa shape index (κ2) is 12.1. The van der Waals surface area contributed by atoms with E-state index in [1.807, 2.05) is 37.3 Å². The van der Waals surface area contributed by atoms with Gasteiger partial charge in [-0.05, 0) is 49.1 Å². The summed E-state index contributed by atoms with van der Waals surface area (Å²) in [6.45, 7) is 1.93. The van der Waals surface area contributed by atoms with E-state index in [0.29, 0.717) is 22.1 Å². The third kappa shape index (κ3) is 7.15. The number of benzene rings is 3. The normalized spacial score (nSPS) is 12.0. The summed E-state index contributed by atoms with van der Waals surface area (Å²) in [6, 6.07) is 19.7. The molecule has 0 aromatic heterocycles. The lowest BCUT2D eigenvalue weighted by molar-refractivity contribution is 0.0938. The van der Waals surface area contributed by atoms with Crippen molar-refractivity contribution >= 4 is 33.2 Å². The van der Waals surface area contributed by atoms with Crippen LogP contribution >= 0.6 is 11.6 Å². The Morgan fingerprint density at radius 3 is 2.17 bits per heavy atom. The third-order valence-corrected chi connectivity index (χ3v) is 7.12. The first kappa shape index (κ1) is 27.4. The number of ether oxygens (including phenoxy) is 2. The Morgan fingerprint density at radius 2 is 1.58 bits per heavy atom. The van der Waals surface area contributed by atoms with Gasteiger partial charge in [0.05, 0.1) is 38.3 Å². The Hall–Kier alpha value is -3.23. The highest BCUT2D eigenvalue weighted by molar-refractivity contribution is 7.92. The molecule has 0 spiro atoms. The summed E-state index contributed by atoms with van der Waals surface area (Å²) in [5.41, 5.74) is 2.25. The van der Waals surface area contributed by atoms with Crippen LogP contribution in [0.1, 0.15) is 34.8 Å². The minimum absolute atomic E-state index is 0.00925. The molecule has 36 heavy (non-hydrogen) atoms. The van der Waals surface area contributed by atoms with Gasteiger partial charge in [0.2, 0.25) is 10.0 Å². The molecular weight excluding hydrogens is 500 g/mol. The van der Waals surface area contributed by atoms with Crippen LogP contribution < -0.4 is 19.1 Å². The summed E-state index contributed by atoms with van der Waals surface area (Å²) in [4.78, 5) is 13.4. The number of sulfonamides is 1. The largest absolute Gasteiger partial charge is 0.493 e. The van der Waals surface area contributed by atoms with Gasteiger partial charge in [-0.15, -0.1) is 0 Å². The second-order valence-corrected chi connectivity index (χ2v) is 10.9. The minimum Gasteiger partial charge on any atom is -0.493 e. The predicted octanol–water partition coefficient (Wildman–Crippen LogP) is 5.07. The van der Waals surface area contributed by atoms with Crippen molar-refractivity contribution in [2.75, 3.05) is 24.8 Å². The fourth-order valence-electron chi connectivity index (χ4n) is 3.79. The molecule has 0 aliphatic heterocycles. The van der Waals surface area contributed by atoms with Crippen LogP contribution in [0.3, 0.4) is 0 Å². The van der Waals surface area contributed by atoms with Crippen molar-refractivity contribution in [1.82, 2.24) is 5.32 Å². The maximum absolute atomic E-state index is 13.4. The molecular formula is C27H31ClN2O5S. The van der Waals surface area contributed by atoms with E-state index >= 15 is 0 Å². The summed E-state index contributed by atoms with van der Waals surface area (Å²) >= 11 is 5.99. The van der Waals surface area contributed by atoms with Crippen LogP contribution in [0.5, 0.6) is 11.5 Å². The molecule has 1 unspecified atom stereocenters. The molecule has 3 rings (SSSR count). The molecule has 0 saturated carbocycles. The number of rotatable bonds is 11. The van der Waals surface area contributed by atoms with Gasteiger partial charge in [-0.3, -0.25) is 9.10 Å². The fourth-order valence-corrected chi connectivity index (χ4v) is 4.81. The van der Waals surface area contributed by atoms with Crippen molar-refractivity contribution in [3.63, 3.8) is 0 Å². The number of hydrogen-bond acceptors (Lipinski definition) is 5. The van der Waals surface area contributed by atoms with Gasteiger partial charge in [0.25, 0.3) is 5.91 Å². The van der Waals surface area contributed by atoms with Gasteiger partial charge in [0.15, 0.2) is 11.5 Å². The lowest BCUT2D eigenvalue weighted by Gasteiger charge is -2.26. The number of hydrogen-bond donors (Lipinski definition) is 1. The van der Waals surface area contributed by atoms with Crippen LogP contribution in [0.25, 0.3) is 0 Å². The molecule has 1 N–H and O–H groups in total. The van der Waals surface area contributed by atoms with Crippen LogP contribution in [-0.4, -0.2) is 40.8 Å². The molecule has 0 saturated heterocycles. The average molecular weight is 531 g/mol. The number of carbonyl (C=O) groups is 1. The Bertz CT molecular complexity index is 1280. The maximum atomic E-state index is 13.4. The third-order valence-electron chi connectivity index (χ3n) is 5.74. The molecule has 3 aromatic carbocycles. The van der Waals surface area contributed by atoms with E-state index in [-0.39, 0.29) is 23.8 Å². The molecule has 0 radical (unpaired) electrons. The van der Waals surface area contributed by atoms with Crippen molar-refractivity contribution in [2.24, 2.45) is 0 Å². The lowest BCUT2D eigenvalue weighted by Crippen LogP contribution is -2.36. The summed E-state index contributed by atoms with van der Waals surface area (Å²) in [6.07, 6.45) is 2.62. The number of anilines is 1. The van der Waals surface area contributed by atoms with E-state index in [1.54, 1.807) is 24.3 Å². The molecule has 1 atom stereocenters. The van der Waals surface area contributed by atoms with Gasteiger partial charge in [-0.25, -0.2) is 8.42 Å². The predicted molar refractivity (Wildman–Crippen MR) is 144 cm³/mol. The van der Waals surface area contributed by atoms with Crippen LogP contribution in [0.2, 0.25) is 5.02 Å². The molecule has 192 valence electrons. The molecule has 7 nitrogen and oxygen atoms in total. The highest BCUT2D eigenvalue weighted by Gasteiger charge is 2.27. The minimum atomic E-state index is -3.78. The van der Waals surface area contributed by atoms with E-state index in [2.05, 4.69) is 5.32 Å². The Balaban J connectivity index is 1.95. The first-order valence-corrected chi connectivity index (χ1v) is 13.7. The van der Waals surface area contributed by atoms with Crippen LogP contribution in [0.4, 0.5) is 5.69 Å². The zero-order valence-electron chi connectivity index (χ0n) is 20.8. The van der Waals surface area contributed by atoms with Crippen molar-refractivity contribution in [3.8, 4) is 11.5 Å². The Labute approximate surface area is 218 Å². The standard InChI is InChI=1S/C27H31ClN2O5S/c1-19(10-11-20-8-6-5-7-9-20)29-27(31)23-16-25(34-2)26(35-3)17-24(23)30(36(4,32)33)18-21-12-14-22(28)15-13-21/h5-9,12-17,19H,10-11,18H2,1-4H3,(H,29,31). The first-order chi connectivity index (χ1) is 17.1. The summed E-state index contributed by atoms with van der Waals surface area (Å²) in [7, 11) is -0.860. The van der Waals surface area contributed by atoms with Crippen LogP contribution in [0, 0.1) is 0 Å². The van der Waals surface area contributed by atoms with Crippen molar-refractivity contribution in [2.45, 2.75) is 32.4 Å². The van der Waals surface area contributed by atoms with Crippen LogP contribution in [-0.2, 0) is 23.0 Å². The molecule has 1 amide bonds. The number of aryl methyl sites for hydroxylation is 1.